The Labute approximate surface area is 140 Å². The molecule has 1 aromatic heterocycles. The standard InChI is InChI=1S/C18H18N4O2/c1-13(15-9-5-6-12-19-15)20-18(24)16-10-11-17(23)22(21-16)14-7-3-2-4-8-14/h2-9,12-13H,10-11H2,1H3,(H,20,24). The number of para-hydroxylation sites is 1. The topological polar surface area (TPSA) is 74.7 Å². The summed E-state index contributed by atoms with van der Waals surface area (Å²) in [6.45, 7) is 1.86. The minimum atomic E-state index is -0.276. The Balaban J connectivity index is 1.76. The normalized spacial score (nSPS) is 15.6. The van der Waals surface area contributed by atoms with Gasteiger partial charge in [-0.05, 0) is 31.2 Å². The Morgan fingerprint density at radius 3 is 2.58 bits per heavy atom. The number of benzene rings is 1. The molecule has 0 saturated carbocycles. The quantitative estimate of drug-likeness (QED) is 0.939. The summed E-state index contributed by atoms with van der Waals surface area (Å²) in [6.07, 6.45) is 2.29. The third-order valence-electron chi connectivity index (χ3n) is 3.77. The molecule has 1 N–H and O–H groups in total. The summed E-state index contributed by atoms with van der Waals surface area (Å²) in [4.78, 5) is 28.8. The first-order valence-corrected chi connectivity index (χ1v) is 7.82. The van der Waals surface area contributed by atoms with Crippen molar-refractivity contribution in [3.63, 3.8) is 0 Å². The van der Waals surface area contributed by atoms with Crippen LogP contribution in [0.25, 0.3) is 0 Å². The van der Waals surface area contributed by atoms with Crippen molar-refractivity contribution in [2.75, 3.05) is 5.01 Å². The lowest BCUT2D eigenvalue weighted by Gasteiger charge is -2.23. The lowest BCUT2D eigenvalue weighted by atomic mass is 10.1. The van der Waals surface area contributed by atoms with E-state index in [0.717, 1.165) is 5.69 Å². The van der Waals surface area contributed by atoms with Gasteiger partial charge in [0.1, 0.15) is 5.71 Å². The Hall–Kier alpha value is -3.02. The molecule has 0 radical (unpaired) electrons. The van der Waals surface area contributed by atoms with Gasteiger partial charge in [-0.15, -0.1) is 0 Å². The fraction of sp³-hybridized carbons (Fsp3) is 0.222. The molecular weight excluding hydrogens is 304 g/mol. The van der Waals surface area contributed by atoms with E-state index in [0.29, 0.717) is 17.8 Å². The van der Waals surface area contributed by atoms with Gasteiger partial charge in [-0.1, -0.05) is 24.3 Å². The van der Waals surface area contributed by atoms with Gasteiger partial charge in [0.05, 0.1) is 17.4 Å². The Kier molecular flexibility index (Phi) is 4.65. The van der Waals surface area contributed by atoms with Gasteiger partial charge in [-0.2, -0.15) is 5.10 Å². The molecule has 0 bridgehead atoms. The molecule has 0 aliphatic carbocycles. The van der Waals surface area contributed by atoms with Gasteiger partial charge in [-0.3, -0.25) is 14.6 Å². The lowest BCUT2D eigenvalue weighted by Crippen LogP contribution is -2.40. The van der Waals surface area contributed by atoms with E-state index in [1.165, 1.54) is 5.01 Å². The summed E-state index contributed by atoms with van der Waals surface area (Å²) in [5.41, 5.74) is 1.78. The van der Waals surface area contributed by atoms with Crippen LogP contribution in [0.1, 0.15) is 31.5 Å². The number of nitrogens with one attached hydrogen (secondary N) is 1. The molecule has 1 aliphatic heterocycles. The second kappa shape index (κ2) is 7.04. The summed E-state index contributed by atoms with van der Waals surface area (Å²) < 4.78 is 0. The second-order valence-electron chi connectivity index (χ2n) is 5.54. The average Bonchev–Trinajstić information content (AvgIpc) is 2.63. The van der Waals surface area contributed by atoms with Crippen molar-refractivity contribution in [2.24, 2.45) is 5.10 Å². The second-order valence-corrected chi connectivity index (χ2v) is 5.54. The highest BCUT2D eigenvalue weighted by Crippen LogP contribution is 2.20. The van der Waals surface area contributed by atoms with Crippen LogP contribution in [0.3, 0.4) is 0 Å². The first-order chi connectivity index (χ1) is 11.6. The molecule has 2 heterocycles. The van der Waals surface area contributed by atoms with Crippen LogP contribution in [-0.2, 0) is 9.59 Å². The maximum Gasteiger partial charge on any atom is 0.268 e. The lowest BCUT2D eigenvalue weighted by molar-refractivity contribution is -0.119. The Morgan fingerprint density at radius 2 is 1.88 bits per heavy atom. The van der Waals surface area contributed by atoms with Gasteiger partial charge < -0.3 is 5.32 Å². The molecule has 1 unspecified atom stereocenters. The number of carbonyl (C=O) groups is 2. The van der Waals surface area contributed by atoms with Gasteiger partial charge in [0.15, 0.2) is 0 Å². The predicted molar refractivity (Wildman–Crippen MR) is 91.4 cm³/mol. The van der Waals surface area contributed by atoms with Crippen molar-refractivity contribution in [1.82, 2.24) is 10.3 Å². The molecule has 0 saturated heterocycles. The number of rotatable bonds is 4. The largest absolute Gasteiger partial charge is 0.343 e. The minimum absolute atomic E-state index is 0.115. The highest BCUT2D eigenvalue weighted by Gasteiger charge is 2.26. The van der Waals surface area contributed by atoms with E-state index in [9.17, 15) is 9.59 Å². The molecule has 1 aliphatic rings. The number of pyridine rings is 1. The van der Waals surface area contributed by atoms with Crippen LogP contribution in [0.2, 0.25) is 0 Å². The summed E-state index contributed by atoms with van der Waals surface area (Å²) in [7, 11) is 0. The molecule has 1 aromatic carbocycles. The van der Waals surface area contributed by atoms with Crippen molar-refractivity contribution in [3.8, 4) is 0 Å². The summed E-state index contributed by atoms with van der Waals surface area (Å²) in [6, 6.07) is 14.4. The van der Waals surface area contributed by atoms with Crippen LogP contribution in [0.5, 0.6) is 0 Å². The molecular formula is C18H18N4O2. The van der Waals surface area contributed by atoms with Crippen LogP contribution in [0, 0.1) is 0 Å². The fourth-order valence-electron chi connectivity index (χ4n) is 2.47. The number of hydrogen-bond acceptors (Lipinski definition) is 4. The number of carbonyl (C=O) groups excluding carboxylic acids is 2. The van der Waals surface area contributed by atoms with Crippen LogP contribution in [0.4, 0.5) is 5.69 Å². The number of aromatic nitrogens is 1. The number of nitrogens with zero attached hydrogens (tertiary/aromatic N) is 3. The molecule has 3 rings (SSSR count). The molecule has 0 spiro atoms. The zero-order valence-corrected chi connectivity index (χ0v) is 13.3. The predicted octanol–water partition coefficient (Wildman–Crippen LogP) is 2.44. The third-order valence-corrected chi connectivity index (χ3v) is 3.77. The van der Waals surface area contributed by atoms with Crippen molar-refractivity contribution in [1.29, 1.82) is 0 Å². The summed E-state index contributed by atoms with van der Waals surface area (Å²) in [5.74, 6) is -0.392. The SMILES string of the molecule is CC(NC(=O)C1=NN(c2ccccc2)C(=O)CC1)c1ccccn1. The van der Waals surface area contributed by atoms with Gasteiger partial charge in [-0.25, -0.2) is 5.01 Å². The van der Waals surface area contributed by atoms with Crippen LogP contribution in [0.15, 0.2) is 59.8 Å². The molecule has 6 heteroatoms. The first-order valence-electron chi connectivity index (χ1n) is 7.82. The molecule has 1 atom stereocenters. The van der Waals surface area contributed by atoms with Gasteiger partial charge in [0.2, 0.25) is 5.91 Å². The highest BCUT2D eigenvalue weighted by molar-refractivity contribution is 6.40. The van der Waals surface area contributed by atoms with Crippen molar-refractivity contribution < 1.29 is 9.59 Å². The van der Waals surface area contributed by atoms with E-state index in [1.54, 1.807) is 18.3 Å². The molecule has 2 aromatic rings. The number of hydrogen-bond donors (Lipinski definition) is 1. The van der Waals surface area contributed by atoms with E-state index in [4.69, 9.17) is 0 Å². The molecule has 122 valence electrons. The van der Waals surface area contributed by atoms with Crippen molar-refractivity contribution >= 4 is 23.2 Å². The van der Waals surface area contributed by atoms with Gasteiger partial charge in [0, 0.05) is 19.0 Å². The van der Waals surface area contributed by atoms with Gasteiger partial charge in [0.25, 0.3) is 5.91 Å². The molecule has 24 heavy (non-hydrogen) atoms. The minimum Gasteiger partial charge on any atom is -0.343 e. The van der Waals surface area contributed by atoms with E-state index in [2.05, 4.69) is 15.4 Å². The van der Waals surface area contributed by atoms with Crippen LogP contribution < -0.4 is 10.3 Å². The van der Waals surface area contributed by atoms with Gasteiger partial charge >= 0.3 is 0 Å². The van der Waals surface area contributed by atoms with Crippen molar-refractivity contribution in [2.45, 2.75) is 25.8 Å². The van der Waals surface area contributed by atoms with E-state index >= 15 is 0 Å². The zero-order valence-electron chi connectivity index (χ0n) is 13.3. The smallest absolute Gasteiger partial charge is 0.268 e. The molecule has 6 nitrogen and oxygen atoms in total. The Morgan fingerprint density at radius 1 is 1.12 bits per heavy atom. The average molecular weight is 322 g/mol. The highest BCUT2D eigenvalue weighted by atomic mass is 16.2. The number of anilines is 1. The first kappa shape index (κ1) is 15.9. The zero-order chi connectivity index (χ0) is 16.9. The Bertz CT molecular complexity index is 759. The number of hydrazone groups is 1. The number of amides is 2. The third kappa shape index (κ3) is 3.48. The molecule has 0 fully saturated rings. The monoisotopic (exact) mass is 322 g/mol. The summed E-state index contributed by atoms with van der Waals surface area (Å²) in [5, 5.41) is 8.43. The maximum atomic E-state index is 12.5. The van der Waals surface area contributed by atoms with E-state index in [1.807, 2.05) is 43.3 Å². The fourth-order valence-corrected chi connectivity index (χ4v) is 2.47. The van der Waals surface area contributed by atoms with E-state index < -0.39 is 0 Å². The van der Waals surface area contributed by atoms with Crippen LogP contribution in [-0.4, -0.2) is 22.5 Å². The maximum absolute atomic E-state index is 12.5. The van der Waals surface area contributed by atoms with Crippen LogP contribution >= 0.6 is 0 Å². The van der Waals surface area contributed by atoms with E-state index in [-0.39, 0.29) is 24.3 Å². The summed E-state index contributed by atoms with van der Waals surface area (Å²) >= 11 is 0. The molecule has 2 amide bonds. The van der Waals surface area contributed by atoms with Crippen molar-refractivity contribution in [3.05, 3.63) is 60.4 Å².